The maximum atomic E-state index is 4.47. The molecule has 0 spiro atoms. The number of aryl methyl sites for hydroxylation is 2. The molecule has 1 radical (unpaired) electrons. The zero-order chi connectivity index (χ0) is 15.0. The van der Waals surface area contributed by atoms with E-state index < -0.39 is 0 Å². The first-order valence-corrected chi connectivity index (χ1v) is 6.87. The average molecular weight is 280 g/mol. The Morgan fingerprint density at radius 2 is 2.00 bits per heavy atom. The summed E-state index contributed by atoms with van der Waals surface area (Å²) in [4.78, 5) is 15.1. The zero-order valence-electron chi connectivity index (χ0n) is 12.8. The quantitative estimate of drug-likeness (QED) is 0.739. The second-order valence-electron chi connectivity index (χ2n) is 5.47. The topological polar surface area (TPSA) is 46.8 Å². The smallest absolute Gasteiger partial charge is 0.165 e. The number of hydrogen-bond donors (Lipinski definition) is 0. The van der Waals surface area contributed by atoms with Gasteiger partial charge in [-0.05, 0) is 31.0 Å². The lowest BCUT2D eigenvalue weighted by Crippen LogP contribution is -2.11. The van der Waals surface area contributed by atoms with Crippen molar-refractivity contribution in [1.82, 2.24) is 19.5 Å². The van der Waals surface area contributed by atoms with Crippen molar-refractivity contribution in [1.29, 1.82) is 0 Å². The van der Waals surface area contributed by atoms with Crippen molar-refractivity contribution in [3.63, 3.8) is 0 Å². The third-order valence-corrected chi connectivity index (χ3v) is 3.53. The fourth-order valence-electron chi connectivity index (χ4n) is 2.44. The molecular weight excluding hydrogens is 262 g/mol. The van der Waals surface area contributed by atoms with Crippen LogP contribution in [-0.2, 0) is 6.54 Å². The van der Waals surface area contributed by atoms with Gasteiger partial charge in [-0.2, -0.15) is 0 Å². The Labute approximate surface area is 124 Å². The van der Waals surface area contributed by atoms with Gasteiger partial charge < -0.3 is 9.47 Å². The van der Waals surface area contributed by atoms with E-state index in [1.54, 1.807) is 6.33 Å². The van der Waals surface area contributed by atoms with Gasteiger partial charge >= 0.3 is 0 Å². The van der Waals surface area contributed by atoms with Crippen molar-refractivity contribution in [2.24, 2.45) is 0 Å². The number of imidazole rings is 1. The number of hydrogen-bond acceptors (Lipinski definition) is 4. The molecule has 2 aromatic heterocycles. The number of aromatic nitrogens is 4. The van der Waals surface area contributed by atoms with E-state index >= 15 is 0 Å². The summed E-state index contributed by atoms with van der Waals surface area (Å²) >= 11 is 0. The van der Waals surface area contributed by atoms with Gasteiger partial charge in [-0.15, -0.1) is 0 Å². The van der Waals surface area contributed by atoms with E-state index in [1.165, 1.54) is 11.1 Å². The lowest BCUT2D eigenvalue weighted by atomic mass is 10.1. The molecule has 1 aromatic carbocycles. The summed E-state index contributed by atoms with van der Waals surface area (Å²) in [6.07, 6.45) is 3.40. The molecule has 0 unspecified atom stereocenters. The minimum Gasteiger partial charge on any atom is -0.361 e. The molecule has 5 nitrogen and oxygen atoms in total. The molecule has 3 aromatic rings. The Hall–Kier alpha value is -2.43. The first-order chi connectivity index (χ1) is 10.1. The summed E-state index contributed by atoms with van der Waals surface area (Å²) in [5.74, 6) is 0.836. The molecule has 0 aliphatic carbocycles. The SMILES string of the molecule is Cc1c[c]c(Cn2cnc3c(N(C)C)ncnc32)c(C)c1. The van der Waals surface area contributed by atoms with E-state index in [4.69, 9.17) is 0 Å². The molecule has 107 valence electrons. The zero-order valence-corrected chi connectivity index (χ0v) is 12.8. The second-order valence-corrected chi connectivity index (χ2v) is 5.47. The summed E-state index contributed by atoms with van der Waals surface area (Å²) in [5.41, 5.74) is 5.29. The molecule has 0 saturated carbocycles. The summed E-state index contributed by atoms with van der Waals surface area (Å²) in [7, 11) is 3.91. The van der Waals surface area contributed by atoms with Crippen LogP contribution < -0.4 is 4.90 Å². The lowest BCUT2D eigenvalue weighted by Gasteiger charge is -2.11. The van der Waals surface area contributed by atoms with E-state index in [0.717, 1.165) is 22.5 Å². The van der Waals surface area contributed by atoms with Gasteiger partial charge in [-0.3, -0.25) is 0 Å². The molecule has 0 amide bonds. The van der Waals surface area contributed by atoms with Crippen molar-refractivity contribution < 1.29 is 0 Å². The van der Waals surface area contributed by atoms with E-state index in [0.29, 0.717) is 6.54 Å². The van der Waals surface area contributed by atoms with Gasteiger partial charge in [0.1, 0.15) is 6.33 Å². The molecule has 0 atom stereocenters. The van der Waals surface area contributed by atoms with Crippen LogP contribution >= 0.6 is 0 Å². The highest BCUT2D eigenvalue weighted by Crippen LogP contribution is 2.21. The number of anilines is 1. The number of nitrogens with zero attached hydrogens (tertiary/aromatic N) is 5. The molecule has 0 bridgehead atoms. The normalized spacial score (nSPS) is 11.0. The Morgan fingerprint density at radius 3 is 2.71 bits per heavy atom. The molecule has 3 rings (SSSR count). The molecule has 0 saturated heterocycles. The molecule has 0 N–H and O–H groups in total. The number of fused-ring (bicyclic) bond motifs is 1. The predicted molar refractivity (Wildman–Crippen MR) is 83.5 cm³/mol. The summed E-state index contributed by atoms with van der Waals surface area (Å²) in [6.45, 7) is 4.90. The van der Waals surface area contributed by atoms with Crippen LogP contribution in [0.4, 0.5) is 5.82 Å². The molecule has 0 aliphatic heterocycles. The summed E-state index contributed by atoms with van der Waals surface area (Å²) < 4.78 is 2.04. The van der Waals surface area contributed by atoms with Crippen LogP contribution in [0.3, 0.4) is 0 Å². The highest BCUT2D eigenvalue weighted by atomic mass is 15.2. The van der Waals surface area contributed by atoms with E-state index in [1.807, 2.05) is 36.0 Å². The Bertz CT molecular complexity index is 788. The van der Waals surface area contributed by atoms with Crippen molar-refractivity contribution >= 4 is 17.0 Å². The Morgan fingerprint density at radius 1 is 1.19 bits per heavy atom. The Kier molecular flexibility index (Phi) is 3.33. The van der Waals surface area contributed by atoms with Gasteiger partial charge in [-0.25, -0.2) is 15.0 Å². The monoisotopic (exact) mass is 280 g/mol. The highest BCUT2D eigenvalue weighted by Gasteiger charge is 2.12. The van der Waals surface area contributed by atoms with Crippen LogP contribution in [-0.4, -0.2) is 33.6 Å². The number of benzene rings is 1. The molecule has 5 heteroatoms. The van der Waals surface area contributed by atoms with E-state index in [9.17, 15) is 0 Å². The molecule has 0 aliphatic rings. The first kappa shape index (κ1) is 13.5. The standard InChI is InChI=1S/C16H18N5/c1-11-5-6-13(12(2)7-11)8-21-10-19-14-15(20(3)4)17-9-18-16(14)21/h5,7,9-10H,8H2,1-4H3. The van der Waals surface area contributed by atoms with Crippen LogP contribution in [0.25, 0.3) is 11.2 Å². The predicted octanol–water partition coefficient (Wildman–Crippen LogP) is 2.36. The molecule has 21 heavy (non-hydrogen) atoms. The van der Waals surface area contributed by atoms with Crippen LogP contribution in [0, 0.1) is 19.9 Å². The largest absolute Gasteiger partial charge is 0.361 e. The van der Waals surface area contributed by atoms with Crippen LogP contribution in [0.5, 0.6) is 0 Å². The summed E-state index contributed by atoms with van der Waals surface area (Å²) in [6, 6.07) is 7.53. The van der Waals surface area contributed by atoms with Crippen molar-refractivity contribution in [3.8, 4) is 0 Å². The van der Waals surface area contributed by atoms with Gasteiger partial charge in [-0.1, -0.05) is 17.7 Å². The Balaban J connectivity index is 2.04. The molecular formula is C16H18N5. The van der Waals surface area contributed by atoms with Crippen LogP contribution in [0.15, 0.2) is 24.8 Å². The van der Waals surface area contributed by atoms with Crippen LogP contribution in [0.2, 0.25) is 0 Å². The van der Waals surface area contributed by atoms with E-state index in [-0.39, 0.29) is 0 Å². The fourth-order valence-corrected chi connectivity index (χ4v) is 2.44. The first-order valence-electron chi connectivity index (χ1n) is 6.87. The average Bonchev–Trinajstić information content (AvgIpc) is 2.85. The third-order valence-electron chi connectivity index (χ3n) is 3.53. The van der Waals surface area contributed by atoms with Gasteiger partial charge in [0.25, 0.3) is 0 Å². The maximum absolute atomic E-state index is 4.47. The second kappa shape index (κ2) is 5.16. The maximum Gasteiger partial charge on any atom is 0.165 e. The molecule has 2 heterocycles. The number of rotatable bonds is 3. The fraction of sp³-hybridized carbons (Fsp3) is 0.312. The summed E-state index contributed by atoms with van der Waals surface area (Å²) in [5, 5.41) is 0. The van der Waals surface area contributed by atoms with Crippen molar-refractivity contribution in [2.75, 3.05) is 19.0 Å². The third kappa shape index (κ3) is 2.46. The van der Waals surface area contributed by atoms with Gasteiger partial charge in [0.15, 0.2) is 17.0 Å². The lowest BCUT2D eigenvalue weighted by molar-refractivity contribution is 0.806. The minimum absolute atomic E-state index is 0.715. The van der Waals surface area contributed by atoms with Crippen molar-refractivity contribution in [3.05, 3.63) is 47.5 Å². The highest BCUT2D eigenvalue weighted by molar-refractivity contribution is 5.83. The van der Waals surface area contributed by atoms with Gasteiger partial charge in [0.05, 0.1) is 12.9 Å². The van der Waals surface area contributed by atoms with Crippen molar-refractivity contribution in [2.45, 2.75) is 20.4 Å². The van der Waals surface area contributed by atoms with Gasteiger partial charge in [0.2, 0.25) is 0 Å². The van der Waals surface area contributed by atoms with Crippen LogP contribution in [0.1, 0.15) is 16.7 Å². The minimum atomic E-state index is 0.715. The van der Waals surface area contributed by atoms with E-state index in [2.05, 4.69) is 40.9 Å². The van der Waals surface area contributed by atoms with Gasteiger partial charge in [0, 0.05) is 14.1 Å². The molecule has 0 fully saturated rings.